The van der Waals surface area contributed by atoms with Crippen LogP contribution in [0.15, 0.2) is 18.3 Å². The first-order valence-corrected chi connectivity index (χ1v) is 4.72. The third-order valence-electron chi connectivity index (χ3n) is 1.68. The van der Waals surface area contributed by atoms with Crippen LogP contribution < -0.4 is 11.1 Å². The number of aryl methyl sites for hydroxylation is 1. The molecule has 0 aliphatic rings. The highest BCUT2D eigenvalue weighted by molar-refractivity contribution is 5.90. The minimum Gasteiger partial charge on any atom is -0.370 e. The number of hydrogen-bond acceptors (Lipinski definition) is 4. The Balaban J connectivity index is 2.37. The maximum atomic E-state index is 11.3. The van der Waals surface area contributed by atoms with E-state index >= 15 is 0 Å². The summed E-state index contributed by atoms with van der Waals surface area (Å²) in [5, 5.41) is 2.63. The van der Waals surface area contributed by atoms with Gasteiger partial charge in [-0.3, -0.25) is 4.79 Å². The van der Waals surface area contributed by atoms with Crippen LogP contribution in [0.5, 0.6) is 0 Å². The number of aromatic nitrogens is 1. The molecule has 1 aromatic heterocycles. The molecule has 0 bridgehead atoms. The molecule has 15 heavy (non-hydrogen) atoms. The molecule has 0 fully saturated rings. The third-order valence-corrected chi connectivity index (χ3v) is 1.68. The van der Waals surface area contributed by atoms with E-state index in [0.717, 1.165) is 5.56 Å². The van der Waals surface area contributed by atoms with Gasteiger partial charge in [0.15, 0.2) is 0 Å². The quantitative estimate of drug-likeness (QED) is 0.684. The number of hydrogen-bond donors (Lipinski definition) is 2. The van der Waals surface area contributed by atoms with Gasteiger partial charge in [0.1, 0.15) is 12.4 Å². The van der Waals surface area contributed by atoms with Gasteiger partial charge in [-0.2, -0.15) is 0 Å². The van der Waals surface area contributed by atoms with Crippen molar-refractivity contribution in [2.24, 2.45) is 5.73 Å². The predicted octanol–water partition coefficient (Wildman–Crippen LogP) is 0.304. The summed E-state index contributed by atoms with van der Waals surface area (Å²) in [5.41, 5.74) is 6.26. The summed E-state index contributed by atoms with van der Waals surface area (Å²) in [6, 6.07) is 3.65. The van der Waals surface area contributed by atoms with E-state index in [1.165, 1.54) is 0 Å². The molecular weight excluding hydrogens is 194 g/mol. The van der Waals surface area contributed by atoms with E-state index in [0.29, 0.717) is 19.0 Å². The summed E-state index contributed by atoms with van der Waals surface area (Å²) in [7, 11) is 0. The van der Waals surface area contributed by atoms with Gasteiger partial charge in [-0.1, -0.05) is 0 Å². The number of nitrogens with two attached hydrogens (primary N) is 1. The normalized spacial score (nSPS) is 10.0. The lowest BCUT2D eigenvalue weighted by Crippen LogP contribution is -2.21. The van der Waals surface area contributed by atoms with Gasteiger partial charge in [-0.15, -0.1) is 0 Å². The number of nitrogens with zero attached hydrogens (tertiary/aromatic N) is 1. The molecule has 0 spiro atoms. The van der Waals surface area contributed by atoms with Crippen molar-refractivity contribution >= 4 is 11.7 Å². The van der Waals surface area contributed by atoms with Crippen molar-refractivity contribution in [3.63, 3.8) is 0 Å². The molecule has 82 valence electrons. The molecular formula is C10H15N3O2. The van der Waals surface area contributed by atoms with Crippen molar-refractivity contribution in [1.82, 2.24) is 4.98 Å². The predicted molar refractivity (Wildman–Crippen MR) is 57.5 cm³/mol. The second kappa shape index (κ2) is 6.10. The zero-order valence-electron chi connectivity index (χ0n) is 8.69. The van der Waals surface area contributed by atoms with Crippen molar-refractivity contribution in [2.45, 2.75) is 6.92 Å². The maximum absolute atomic E-state index is 11.3. The average Bonchev–Trinajstić information content (AvgIpc) is 2.18. The first-order chi connectivity index (χ1) is 7.22. The van der Waals surface area contributed by atoms with Gasteiger partial charge in [-0.25, -0.2) is 4.98 Å². The number of carbonyl (C=O) groups excluding carboxylic acids is 1. The minimum absolute atomic E-state index is 0.00677. The molecule has 5 nitrogen and oxygen atoms in total. The summed E-state index contributed by atoms with van der Waals surface area (Å²) in [5.74, 6) is 0.317. The van der Waals surface area contributed by atoms with Crippen molar-refractivity contribution in [3.8, 4) is 0 Å². The Hall–Kier alpha value is -1.46. The van der Waals surface area contributed by atoms with Gasteiger partial charge in [-0.05, 0) is 24.6 Å². The molecule has 1 heterocycles. The summed E-state index contributed by atoms with van der Waals surface area (Å²) >= 11 is 0. The fourth-order valence-corrected chi connectivity index (χ4v) is 1.03. The monoisotopic (exact) mass is 209 g/mol. The number of nitrogens with one attached hydrogen (secondary N) is 1. The molecule has 1 rings (SSSR count). The Morgan fingerprint density at radius 1 is 1.67 bits per heavy atom. The summed E-state index contributed by atoms with van der Waals surface area (Å²) in [4.78, 5) is 15.3. The van der Waals surface area contributed by atoms with E-state index in [1.54, 1.807) is 12.3 Å². The molecule has 0 unspecified atom stereocenters. The van der Waals surface area contributed by atoms with E-state index in [4.69, 9.17) is 10.5 Å². The molecule has 1 amide bonds. The van der Waals surface area contributed by atoms with Crippen LogP contribution in [0.25, 0.3) is 0 Å². The largest absolute Gasteiger partial charge is 0.370 e. The number of amides is 1. The second-order valence-corrected chi connectivity index (χ2v) is 3.11. The first kappa shape index (κ1) is 11.6. The van der Waals surface area contributed by atoms with E-state index in [-0.39, 0.29) is 12.5 Å². The lowest BCUT2D eigenvalue weighted by molar-refractivity contribution is -0.120. The molecule has 0 aliphatic carbocycles. The fraction of sp³-hybridized carbons (Fsp3) is 0.400. The summed E-state index contributed by atoms with van der Waals surface area (Å²) in [6.45, 7) is 2.74. The topological polar surface area (TPSA) is 77.2 Å². The molecule has 3 N–H and O–H groups in total. The zero-order valence-corrected chi connectivity index (χ0v) is 8.69. The summed E-state index contributed by atoms with van der Waals surface area (Å²) in [6.07, 6.45) is 1.64. The molecule has 0 aromatic carbocycles. The smallest absolute Gasteiger partial charge is 0.251 e. The third kappa shape index (κ3) is 4.53. The van der Waals surface area contributed by atoms with E-state index in [2.05, 4.69) is 10.3 Å². The zero-order chi connectivity index (χ0) is 11.1. The fourth-order valence-electron chi connectivity index (χ4n) is 1.03. The van der Waals surface area contributed by atoms with Gasteiger partial charge >= 0.3 is 0 Å². The highest BCUT2D eigenvalue weighted by Gasteiger charge is 2.02. The molecule has 0 aliphatic heterocycles. The van der Waals surface area contributed by atoms with Crippen LogP contribution in [-0.4, -0.2) is 30.6 Å². The number of rotatable bonds is 5. The molecule has 1 aromatic rings. The highest BCUT2D eigenvalue weighted by atomic mass is 16.5. The van der Waals surface area contributed by atoms with Crippen LogP contribution in [0.1, 0.15) is 5.56 Å². The van der Waals surface area contributed by atoms with Crippen LogP contribution in [-0.2, 0) is 9.53 Å². The Kier molecular flexibility index (Phi) is 4.73. The van der Waals surface area contributed by atoms with Crippen LogP contribution in [0.2, 0.25) is 0 Å². The molecule has 0 saturated heterocycles. The van der Waals surface area contributed by atoms with E-state index < -0.39 is 0 Å². The van der Waals surface area contributed by atoms with Crippen molar-refractivity contribution in [3.05, 3.63) is 23.9 Å². The lowest BCUT2D eigenvalue weighted by atomic mass is 10.3. The van der Waals surface area contributed by atoms with Crippen molar-refractivity contribution in [1.29, 1.82) is 0 Å². The van der Waals surface area contributed by atoms with Crippen molar-refractivity contribution < 1.29 is 9.53 Å². The van der Waals surface area contributed by atoms with Gasteiger partial charge in [0.25, 0.3) is 5.91 Å². The standard InChI is InChI=1S/C10H15N3O2/c1-8-2-4-12-9(6-8)13-10(14)7-15-5-3-11/h2,4,6H,3,5,7,11H2,1H3,(H,12,13,14). The molecule has 0 saturated carbocycles. The summed E-state index contributed by atoms with van der Waals surface area (Å²) < 4.78 is 4.98. The second-order valence-electron chi connectivity index (χ2n) is 3.11. The first-order valence-electron chi connectivity index (χ1n) is 4.72. The van der Waals surface area contributed by atoms with Crippen LogP contribution in [0.3, 0.4) is 0 Å². The molecule has 0 atom stereocenters. The molecule has 0 radical (unpaired) electrons. The Morgan fingerprint density at radius 3 is 3.13 bits per heavy atom. The average molecular weight is 209 g/mol. The van der Waals surface area contributed by atoms with Crippen LogP contribution in [0, 0.1) is 6.92 Å². The Bertz CT molecular complexity index is 328. The van der Waals surface area contributed by atoms with Gasteiger partial charge in [0, 0.05) is 12.7 Å². The number of pyridine rings is 1. The van der Waals surface area contributed by atoms with Gasteiger partial charge in [0.2, 0.25) is 0 Å². The highest BCUT2D eigenvalue weighted by Crippen LogP contribution is 2.04. The van der Waals surface area contributed by atoms with Gasteiger partial charge < -0.3 is 15.8 Å². The SMILES string of the molecule is Cc1ccnc(NC(=O)COCCN)c1. The van der Waals surface area contributed by atoms with E-state index in [1.807, 2.05) is 13.0 Å². The maximum Gasteiger partial charge on any atom is 0.251 e. The number of carbonyl (C=O) groups is 1. The number of anilines is 1. The number of ether oxygens (including phenoxy) is 1. The minimum atomic E-state index is -0.221. The Morgan fingerprint density at radius 2 is 2.47 bits per heavy atom. The molecule has 5 heteroatoms. The van der Waals surface area contributed by atoms with Crippen molar-refractivity contribution in [2.75, 3.05) is 25.1 Å². The lowest BCUT2D eigenvalue weighted by Gasteiger charge is -2.05. The Labute approximate surface area is 88.6 Å². The van der Waals surface area contributed by atoms with Gasteiger partial charge in [0.05, 0.1) is 6.61 Å². The van der Waals surface area contributed by atoms with E-state index in [9.17, 15) is 4.79 Å². The van der Waals surface area contributed by atoms with Crippen LogP contribution in [0.4, 0.5) is 5.82 Å². The van der Waals surface area contributed by atoms with Crippen LogP contribution >= 0.6 is 0 Å².